The van der Waals surface area contributed by atoms with Gasteiger partial charge in [0.1, 0.15) is 29.2 Å². The summed E-state index contributed by atoms with van der Waals surface area (Å²) in [7, 11) is 0. The molecule has 2 amide bonds. The Balaban J connectivity index is 1.06. The summed E-state index contributed by atoms with van der Waals surface area (Å²) in [6, 6.07) is 8.64. The number of aromatic nitrogens is 3. The largest absolute Gasteiger partial charge is 0.454 e. The second kappa shape index (κ2) is 9.18. The third kappa shape index (κ3) is 4.31. The summed E-state index contributed by atoms with van der Waals surface area (Å²) in [5.74, 6) is 1.56. The fourth-order valence-corrected chi connectivity index (χ4v) is 5.79. The summed E-state index contributed by atoms with van der Waals surface area (Å²) in [5, 5.41) is 5.62. The maximum absolute atomic E-state index is 14.9. The van der Waals surface area contributed by atoms with Crippen LogP contribution in [0.1, 0.15) is 24.8 Å². The molecule has 0 spiro atoms. The van der Waals surface area contributed by atoms with E-state index in [1.54, 1.807) is 6.07 Å². The normalized spacial score (nSPS) is 24.7. The molecule has 1 saturated heterocycles. The topological polar surface area (TPSA) is 102 Å². The molecule has 0 radical (unpaired) electrons. The number of alkyl halides is 1. The van der Waals surface area contributed by atoms with Crippen molar-refractivity contribution in [2.75, 3.05) is 30.1 Å². The van der Waals surface area contributed by atoms with Crippen LogP contribution >= 0.6 is 0 Å². The van der Waals surface area contributed by atoms with Crippen LogP contribution in [0, 0.1) is 5.92 Å². The molecule has 9 nitrogen and oxygen atoms in total. The van der Waals surface area contributed by atoms with E-state index in [1.807, 2.05) is 29.2 Å². The number of benzene rings is 1. The van der Waals surface area contributed by atoms with Gasteiger partial charge in [-0.05, 0) is 73.2 Å². The number of amides is 2. The molecule has 2 aliphatic heterocycles. The Labute approximate surface area is 222 Å². The molecule has 3 atom stereocenters. The molecule has 0 bridgehead atoms. The van der Waals surface area contributed by atoms with Crippen LogP contribution < -0.4 is 25.0 Å². The number of nitrogens with zero attached hydrogens (tertiary/aromatic N) is 4. The van der Waals surface area contributed by atoms with Gasteiger partial charge < -0.3 is 19.7 Å². The predicted octanol–water partition coefficient (Wildman–Crippen LogP) is 4.61. The second-order valence-corrected chi connectivity index (χ2v) is 10.2. The van der Waals surface area contributed by atoms with E-state index >= 15 is 0 Å². The molecule has 1 saturated carbocycles. The Kier molecular flexibility index (Phi) is 5.60. The number of anilines is 2. The van der Waals surface area contributed by atoms with E-state index in [1.165, 1.54) is 18.5 Å². The van der Waals surface area contributed by atoms with Crippen molar-refractivity contribution in [2.45, 2.75) is 37.4 Å². The number of allylic oxidation sites excluding steroid dienone is 3. The number of hydrogen-bond acceptors (Lipinski definition) is 7. The van der Waals surface area contributed by atoms with E-state index in [2.05, 4.69) is 20.6 Å². The molecule has 4 aliphatic rings. The minimum Gasteiger partial charge on any atom is -0.454 e. The molecular weight excluding hydrogens is 506 g/mol. The lowest BCUT2D eigenvalue weighted by atomic mass is 9.94. The standard InChI is InChI=1S/C28H26F2N6O3/c29-18-7-9-28(30)13-17(28)24(18)20-2-1-11-36(20)23-6-4-19-25(34-23)26(33-14-32-19)35-27(37)31-10-8-16-3-5-21-22(12-16)39-15-38-21/h3-7,9,12,14,17,20H,1-2,8,10-11,13,15H2,(H2,31,32,33,35,37)/t17?,20-,28?/m1/s1. The van der Waals surface area contributed by atoms with Gasteiger partial charge in [-0.1, -0.05) is 6.07 Å². The Morgan fingerprint density at radius 2 is 2.08 bits per heavy atom. The zero-order chi connectivity index (χ0) is 26.6. The highest BCUT2D eigenvalue weighted by Crippen LogP contribution is 2.58. The Bertz CT molecular complexity index is 1540. The average molecular weight is 533 g/mol. The predicted molar refractivity (Wildman–Crippen MR) is 140 cm³/mol. The number of halogens is 2. The van der Waals surface area contributed by atoms with Gasteiger partial charge in [0.15, 0.2) is 17.3 Å². The van der Waals surface area contributed by atoms with Crippen molar-refractivity contribution in [1.29, 1.82) is 0 Å². The van der Waals surface area contributed by atoms with E-state index in [-0.39, 0.29) is 24.5 Å². The van der Waals surface area contributed by atoms with Crippen LogP contribution in [0.25, 0.3) is 11.0 Å². The number of fused-ring (bicyclic) bond motifs is 3. The zero-order valence-corrected chi connectivity index (χ0v) is 21.0. The molecule has 1 aromatic carbocycles. The summed E-state index contributed by atoms with van der Waals surface area (Å²) in [6.07, 6.45) is 6.49. The van der Waals surface area contributed by atoms with Crippen LogP contribution in [-0.4, -0.2) is 52.6 Å². The summed E-state index contributed by atoms with van der Waals surface area (Å²) >= 11 is 0. The molecule has 2 N–H and O–H groups in total. The smallest absolute Gasteiger partial charge is 0.320 e. The van der Waals surface area contributed by atoms with Gasteiger partial charge in [-0.2, -0.15) is 0 Å². The van der Waals surface area contributed by atoms with Gasteiger partial charge in [-0.15, -0.1) is 0 Å². The minimum absolute atomic E-state index is 0.214. The number of hydrogen-bond donors (Lipinski definition) is 2. The van der Waals surface area contributed by atoms with E-state index in [4.69, 9.17) is 14.5 Å². The first-order chi connectivity index (χ1) is 19.0. The summed E-state index contributed by atoms with van der Waals surface area (Å²) in [5.41, 5.74) is 1.11. The summed E-state index contributed by atoms with van der Waals surface area (Å²) in [6.45, 7) is 1.28. The van der Waals surface area contributed by atoms with Crippen molar-refractivity contribution < 1.29 is 23.0 Å². The lowest BCUT2D eigenvalue weighted by molar-refractivity contribution is 0.174. The molecule has 200 valence electrons. The van der Waals surface area contributed by atoms with E-state index < -0.39 is 17.6 Å². The third-order valence-corrected chi connectivity index (χ3v) is 7.84. The Morgan fingerprint density at radius 1 is 1.18 bits per heavy atom. The van der Waals surface area contributed by atoms with Crippen molar-refractivity contribution in [1.82, 2.24) is 20.3 Å². The third-order valence-electron chi connectivity index (χ3n) is 7.84. The number of ether oxygens (including phenoxy) is 2. The molecule has 11 heteroatoms. The first kappa shape index (κ1) is 23.8. The van der Waals surface area contributed by atoms with Gasteiger partial charge in [-0.3, -0.25) is 5.32 Å². The monoisotopic (exact) mass is 532 g/mol. The fraction of sp³-hybridized carbons (Fsp3) is 0.357. The van der Waals surface area contributed by atoms with Gasteiger partial charge in [0, 0.05) is 19.0 Å². The van der Waals surface area contributed by atoms with Crippen LogP contribution in [0.4, 0.5) is 25.2 Å². The number of urea groups is 1. The SMILES string of the molecule is O=C(NCCc1ccc2c(c1)OCO2)Nc1ncnc2ccc(N3CCC[C@@H]3C3=C(F)C=CC4(F)CC34)nc12. The number of pyridine rings is 1. The van der Waals surface area contributed by atoms with Gasteiger partial charge in [-0.25, -0.2) is 28.5 Å². The molecular formula is C28H26F2N6O3. The minimum atomic E-state index is -1.42. The number of nitrogens with one attached hydrogen (secondary N) is 2. The quantitative estimate of drug-likeness (QED) is 0.478. The lowest BCUT2D eigenvalue weighted by Gasteiger charge is -2.29. The van der Waals surface area contributed by atoms with E-state index in [0.29, 0.717) is 59.9 Å². The molecule has 39 heavy (non-hydrogen) atoms. The highest BCUT2D eigenvalue weighted by molar-refractivity contribution is 5.97. The van der Waals surface area contributed by atoms with Crippen molar-refractivity contribution in [3.8, 4) is 11.5 Å². The van der Waals surface area contributed by atoms with Crippen molar-refractivity contribution >= 4 is 28.7 Å². The Morgan fingerprint density at radius 3 is 3.00 bits per heavy atom. The van der Waals surface area contributed by atoms with Crippen LogP contribution in [0.5, 0.6) is 11.5 Å². The highest BCUT2D eigenvalue weighted by Gasteiger charge is 2.59. The zero-order valence-electron chi connectivity index (χ0n) is 21.0. The molecule has 4 heterocycles. The molecule has 2 unspecified atom stereocenters. The molecule has 2 fully saturated rings. The van der Waals surface area contributed by atoms with Crippen molar-refractivity contribution in [3.05, 3.63) is 65.8 Å². The van der Waals surface area contributed by atoms with Gasteiger partial charge in [0.05, 0.1) is 11.6 Å². The van der Waals surface area contributed by atoms with Gasteiger partial charge in [0.25, 0.3) is 0 Å². The molecule has 3 aromatic rings. The maximum atomic E-state index is 14.9. The van der Waals surface area contributed by atoms with Gasteiger partial charge in [0.2, 0.25) is 6.79 Å². The van der Waals surface area contributed by atoms with E-state index in [9.17, 15) is 13.6 Å². The average Bonchev–Trinajstić information content (AvgIpc) is 3.25. The number of carbonyl (C=O) groups excluding carboxylic acids is 1. The molecule has 7 rings (SSSR count). The van der Waals surface area contributed by atoms with Crippen LogP contribution in [0.3, 0.4) is 0 Å². The van der Waals surface area contributed by atoms with Crippen LogP contribution in [-0.2, 0) is 6.42 Å². The molecule has 2 aliphatic carbocycles. The van der Waals surface area contributed by atoms with Crippen molar-refractivity contribution in [3.63, 3.8) is 0 Å². The van der Waals surface area contributed by atoms with E-state index in [0.717, 1.165) is 18.4 Å². The molecule has 2 aromatic heterocycles. The Hall–Kier alpha value is -4.28. The van der Waals surface area contributed by atoms with Crippen molar-refractivity contribution in [2.24, 2.45) is 5.92 Å². The fourth-order valence-electron chi connectivity index (χ4n) is 5.79. The summed E-state index contributed by atoms with van der Waals surface area (Å²) < 4.78 is 40.4. The first-order valence-corrected chi connectivity index (χ1v) is 13.1. The summed E-state index contributed by atoms with van der Waals surface area (Å²) in [4.78, 5) is 28.0. The van der Waals surface area contributed by atoms with Crippen LogP contribution in [0.2, 0.25) is 0 Å². The highest BCUT2D eigenvalue weighted by atomic mass is 19.1. The maximum Gasteiger partial charge on any atom is 0.320 e. The first-order valence-electron chi connectivity index (χ1n) is 13.1. The number of carbonyl (C=O) groups is 1. The second-order valence-electron chi connectivity index (χ2n) is 10.2. The van der Waals surface area contributed by atoms with Gasteiger partial charge >= 0.3 is 6.03 Å². The lowest BCUT2D eigenvalue weighted by Crippen LogP contribution is -2.34. The van der Waals surface area contributed by atoms with Crippen LogP contribution in [0.15, 0.2) is 60.2 Å². The number of rotatable bonds is 6.